The van der Waals surface area contributed by atoms with Crippen molar-refractivity contribution in [2.75, 3.05) is 18.0 Å². The molecule has 2 atom stereocenters. The van der Waals surface area contributed by atoms with E-state index in [-0.39, 0.29) is 13.1 Å². The van der Waals surface area contributed by atoms with E-state index in [9.17, 15) is 18.0 Å². The van der Waals surface area contributed by atoms with Gasteiger partial charge in [-0.1, -0.05) is 15.9 Å². The standard InChI is InChI=1S/C15H12BrF3N2O2/c16-8-1-2-12-9(5-8)13(3-4-20-12)21-6-10(14(22)23)11(7-21)15(17,18)19/h1-5,10-11H,6-7H2,(H,22,23)/t10-,11-/m1/s1. The lowest BCUT2D eigenvalue weighted by Gasteiger charge is -2.21. The van der Waals surface area contributed by atoms with E-state index in [4.69, 9.17) is 5.11 Å². The molecule has 3 rings (SSSR count). The summed E-state index contributed by atoms with van der Waals surface area (Å²) < 4.78 is 40.2. The van der Waals surface area contributed by atoms with Crippen molar-refractivity contribution in [2.24, 2.45) is 11.8 Å². The van der Waals surface area contributed by atoms with Crippen LogP contribution < -0.4 is 4.90 Å². The van der Waals surface area contributed by atoms with E-state index in [2.05, 4.69) is 20.9 Å². The number of fused-ring (bicyclic) bond motifs is 1. The molecule has 1 aliphatic heterocycles. The Hall–Kier alpha value is -1.83. The van der Waals surface area contributed by atoms with Crippen LogP contribution in [-0.2, 0) is 4.79 Å². The summed E-state index contributed by atoms with van der Waals surface area (Å²) in [7, 11) is 0. The Morgan fingerprint density at radius 1 is 1.30 bits per heavy atom. The number of alkyl halides is 3. The van der Waals surface area contributed by atoms with Crippen molar-refractivity contribution in [3.05, 3.63) is 34.9 Å². The van der Waals surface area contributed by atoms with Crippen LogP contribution >= 0.6 is 15.9 Å². The fraction of sp³-hybridized carbons (Fsp3) is 0.333. The van der Waals surface area contributed by atoms with Gasteiger partial charge in [-0.25, -0.2) is 0 Å². The van der Waals surface area contributed by atoms with Gasteiger partial charge in [-0.3, -0.25) is 9.78 Å². The molecule has 0 spiro atoms. The molecular weight excluding hydrogens is 377 g/mol. The zero-order valence-corrected chi connectivity index (χ0v) is 13.3. The molecule has 2 heterocycles. The number of hydrogen-bond donors (Lipinski definition) is 1. The Labute approximate surface area is 138 Å². The number of hydrogen-bond acceptors (Lipinski definition) is 3. The highest BCUT2D eigenvalue weighted by Crippen LogP contribution is 2.41. The number of benzene rings is 1. The molecule has 2 aromatic rings. The largest absolute Gasteiger partial charge is 0.481 e. The maximum atomic E-state index is 13.1. The molecule has 0 bridgehead atoms. The van der Waals surface area contributed by atoms with Crippen molar-refractivity contribution in [3.63, 3.8) is 0 Å². The second-order valence-corrected chi connectivity index (χ2v) is 6.41. The third-order valence-electron chi connectivity index (χ3n) is 4.08. The summed E-state index contributed by atoms with van der Waals surface area (Å²) in [5.41, 5.74) is 1.21. The van der Waals surface area contributed by atoms with Gasteiger partial charge in [0.05, 0.1) is 17.4 Å². The van der Waals surface area contributed by atoms with Crippen molar-refractivity contribution >= 4 is 38.5 Å². The van der Waals surface area contributed by atoms with Crippen LogP contribution in [0.1, 0.15) is 0 Å². The molecule has 0 amide bonds. The molecule has 23 heavy (non-hydrogen) atoms. The molecule has 1 aliphatic rings. The molecule has 1 aromatic heterocycles. The summed E-state index contributed by atoms with van der Waals surface area (Å²) in [5, 5.41) is 9.81. The topological polar surface area (TPSA) is 53.4 Å². The van der Waals surface area contributed by atoms with Gasteiger partial charge >= 0.3 is 12.1 Å². The zero-order valence-electron chi connectivity index (χ0n) is 11.7. The van der Waals surface area contributed by atoms with E-state index in [0.717, 1.165) is 4.47 Å². The van der Waals surface area contributed by atoms with Gasteiger partial charge < -0.3 is 10.0 Å². The predicted octanol–water partition coefficient (Wildman–Crippen LogP) is 3.70. The average Bonchev–Trinajstić information content (AvgIpc) is 2.92. The van der Waals surface area contributed by atoms with Crippen molar-refractivity contribution in [1.29, 1.82) is 0 Å². The van der Waals surface area contributed by atoms with Crippen LogP contribution in [-0.4, -0.2) is 35.3 Å². The first-order valence-corrected chi connectivity index (χ1v) is 7.65. The lowest BCUT2D eigenvalue weighted by Crippen LogP contribution is -2.33. The summed E-state index contributed by atoms with van der Waals surface area (Å²) in [6, 6.07) is 6.94. The third-order valence-corrected chi connectivity index (χ3v) is 4.57. The van der Waals surface area contributed by atoms with E-state index < -0.39 is 24.0 Å². The minimum absolute atomic E-state index is 0.175. The van der Waals surface area contributed by atoms with Gasteiger partial charge in [-0.2, -0.15) is 13.2 Å². The molecule has 0 unspecified atom stereocenters. The fourth-order valence-corrected chi connectivity index (χ4v) is 3.32. The smallest absolute Gasteiger partial charge is 0.394 e. The van der Waals surface area contributed by atoms with Crippen molar-refractivity contribution in [2.45, 2.75) is 6.18 Å². The van der Waals surface area contributed by atoms with E-state index in [1.54, 1.807) is 24.3 Å². The van der Waals surface area contributed by atoms with Crippen LogP contribution in [0, 0.1) is 11.8 Å². The molecule has 0 saturated carbocycles. The van der Waals surface area contributed by atoms with Gasteiger partial charge in [0, 0.05) is 34.8 Å². The number of nitrogens with zero attached hydrogens (tertiary/aromatic N) is 2. The third kappa shape index (κ3) is 2.99. The number of aromatic nitrogens is 1. The van der Waals surface area contributed by atoms with E-state index >= 15 is 0 Å². The summed E-state index contributed by atoms with van der Waals surface area (Å²) in [6.07, 6.45) is -3.02. The number of carboxylic acid groups (broad SMARTS) is 1. The molecule has 122 valence electrons. The van der Waals surface area contributed by atoms with Gasteiger partial charge in [0.1, 0.15) is 0 Å². The Bertz CT molecular complexity index is 766. The van der Waals surface area contributed by atoms with Crippen molar-refractivity contribution in [3.8, 4) is 0 Å². The Kier molecular flexibility index (Phi) is 3.95. The Morgan fingerprint density at radius 2 is 2.04 bits per heavy atom. The Morgan fingerprint density at radius 3 is 2.65 bits per heavy atom. The number of halogens is 4. The molecule has 1 saturated heterocycles. The first-order valence-electron chi connectivity index (χ1n) is 6.86. The Balaban J connectivity index is 2.03. The molecule has 1 N–H and O–H groups in total. The number of anilines is 1. The molecular formula is C15H12BrF3N2O2. The summed E-state index contributed by atoms with van der Waals surface area (Å²) in [4.78, 5) is 16.9. The number of pyridine rings is 1. The second-order valence-electron chi connectivity index (χ2n) is 5.49. The lowest BCUT2D eigenvalue weighted by atomic mass is 9.96. The van der Waals surface area contributed by atoms with E-state index in [1.807, 2.05) is 0 Å². The number of aliphatic carboxylic acids is 1. The maximum absolute atomic E-state index is 13.1. The minimum Gasteiger partial charge on any atom is -0.481 e. The van der Waals surface area contributed by atoms with Gasteiger partial charge in [-0.15, -0.1) is 0 Å². The minimum atomic E-state index is -4.54. The zero-order chi connectivity index (χ0) is 16.8. The van der Waals surface area contributed by atoms with Crippen LogP contribution in [0.15, 0.2) is 34.9 Å². The van der Waals surface area contributed by atoms with Gasteiger partial charge in [0.2, 0.25) is 0 Å². The van der Waals surface area contributed by atoms with Crippen LogP contribution in [0.3, 0.4) is 0 Å². The number of carbonyl (C=O) groups is 1. The van der Waals surface area contributed by atoms with E-state index in [1.165, 1.54) is 11.1 Å². The van der Waals surface area contributed by atoms with Crippen LogP contribution in [0.25, 0.3) is 10.9 Å². The molecule has 1 fully saturated rings. The number of rotatable bonds is 2. The molecule has 4 nitrogen and oxygen atoms in total. The van der Waals surface area contributed by atoms with E-state index in [0.29, 0.717) is 16.6 Å². The quantitative estimate of drug-likeness (QED) is 0.851. The molecule has 0 aliphatic carbocycles. The molecule has 0 radical (unpaired) electrons. The van der Waals surface area contributed by atoms with Gasteiger partial charge in [0.15, 0.2) is 0 Å². The summed E-state index contributed by atoms with van der Waals surface area (Å²) in [6.45, 7) is -0.544. The fourth-order valence-electron chi connectivity index (χ4n) is 2.96. The maximum Gasteiger partial charge on any atom is 0.394 e. The normalized spacial score (nSPS) is 21.8. The highest BCUT2D eigenvalue weighted by atomic mass is 79.9. The molecule has 8 heteroatoms. The highest BCUT2D eigenvalue weighted by Gasteiger charge is 2.52. The monoisotopic (exact) mass is 388 g/mol. The van der Waals surface area contributed by atoms with Crippen LogP contribution in [0.2, 0.25) is 0 Å². The van der Waals surface area contributed by atoms with Crippen molar-refractivity contribution in [1.82, 2.24) is 4.98 Å². The van der Waals surface area contributed by atoms with Crippen molar-refractivity contribution < 1.29 is 23.1 Å². The second kappa shape index (κ2) is 5.67. The summed E-state index contributed by atoms with van der Waals surface area (Å²) in [5.74, 6) is -4.77. The first-order chi connectivity index (χ1) is 10.8. The first kappa shape index (κ1) is 16.0. The predicted molar refractivity (Wildman–Crippen MR) is 82.3 cm³/mol. The number of carboxylic acids is 1. The highest BCUT2D eigenvalue weighted by molar-refractivity contribution is 9.10. The average molecular weight is 389 g/mol. The van der Waals surface area contributed by atoms with Gasteiger partial charge in [-0.05, 0) is 24.3 Å². The van der Waals surface area contributed by atoms with Gasteiger partial charge in [0.25, 0.3) is 0 Å². The van der Waals surface area contributed by atoms with Crippen LogP contribution in [0.5, 0.6) is 0 Å². The SMILES string of the molecule is O=C(O)[C@@H]1CN(c2ccnc3ccc(Br)cc23)C[C@H]1C(F)(F)F. The lowest BCUT2D eigenvalue weighted by molar-refractivity contribution is -0.187. The van der Waals surface area contributed by atoms with Crippen LogP contribution in [0.4, 0.5) is 18.9 Å². The summed E-state index contributed by atoms with van der Waals surface area (Å²) >= 11 is 3.33. The molecule has 1 aromatic carbocycles.